The van der Waals surface area contributed by atoms with Crippen LogP contribution in [0, 0.1) is 11.3 Å². The Balaban J connectivity index is 1.80. The predicted molar refractivity (Wildman–Crippen MR) is 77.6 cm³/mol. The van der Waals surface area contributed by atoms with Crippen molar-refractivity contribution >= 4 is 5.82 Å². The number of aromatic nitrogens is 2. The molecule has 1 aliphatic carbocycles. The number of rotatable bonds is 4. The molecule has 118 valence electrons. The molecular formula is C16H13F3N4. The third-order valence-electron chi connectivity index (χ3n) is 4.05. The van der Waals surface area contributed by atoms with Gasteiger partial charge in [-0.25, -0.2) is 9.97 Å². The van der Waals surface area contributed by atoms with Crippen molar-refractivity contribution in [2.24, 2.45) is 0 Å². The van der Waals surface area contributed by atoms with Gasteiger partial charge in [0.05, 0.1) is 5.56 Å². The van der Waals surface area contributed by atoms with Crippen molar-refractivity contribution in [3.8, 4) is 6.07 Å². The number of alkyl halides is 3. The van der Waals surface area contributed by atoms with Crippen LogP contribution in [-0.4, -0.2) is 16.5 Å². The van der Waals surface area contributed by atoms with E-state index in [2.05, 4.69) is 15.3 Å². The first-order valence-corrected chi connectivity index (χ1v) is 7.07. The molecule has 0 aliphatic heterocycles. The summed E-state index contributed by atoms with van der Waals surface area (Å²) in [5.41, 5.74) is -0.154. The smallest absolute Gasteiger partial charge is 0.367 e. The first kappa shape index (κ1) is 15.3. The Hall–Kier alpha value is -2.62. The van der Waals surface area contributed by atoms with E-state index in [0.717, 1.165) is 18.9 Å². The lowest BCUT2D eigenvalue weighted by Gasteiger charge is -2.18. The quantitative estimate of drug-likeness (QED) is 0.937. The third-order valence-corrected chi connectivity index (χ3v) is 4.05. The summed E-state index contributed by atoms with van der Waals surface area (Å²) in [6.07, 6.45) is 0.127. The average Bonchev–Trinajstić information content (AvgIpc) is 3.34. The highest BCUT2D eigenvalue weighted by Gasteiger charge is 2.45. The highest BCUT2D eigenvalue weighted by molar-refractivity contribution is 5.48. The predicted octanol–water partition coefficient (Wildman–Crippen LogP) is 3.51. The standard InChI is InChI=1S/C16H13F3N4/c17-16(18,19)12-3-1-2-11(8-12)15(4-5-15)10-23-14-13(9-20)21-6-7-22-14/h1-3,6-8H,4-5,10H2,(H,22,23). The zero-order valence-corrected chi connectivity index (χ0v) is 12.1. The number of nitrogens with one attached hydrogen (secondary N) is 1. The van der Waals surface area contributed by atoms with Crippen molar-refractivity contribution in [3.05, 3.63) is 53.5 Å². The number of hydrogen-bond acceptors (Lipinski definition) is 4. The lowest BCUT2D eigenvalue weighted by atomic mass is 9.94. The molecule has 1 aromatic carbocycles. The van der Waals surface area contributed by atoms with Gasteiger partial charge in [-0.1, -0.05) is 18.2 Å². The lowest BCUT2D eigenvalue weighted by molar-refractivity contribution is -0.137. The second-order valence-electron chi connectivity index (χ2n) is 5.58. The molecule has 1 heterocycles. The molecule has 0 atom stereocenters. The van der Waals surface area contributed by atoms with Gasteiger partial charge in [-0.3, -0.25) is 0 Å². The molecule has 0 unspecified atom stereocenters. The molecule has 2 aromatic rings. The molecule has 1 fully saturated rings. The Kier molecular flexibility index (Phi) is 3.68. The molecule has 7 heteroatoms. The largest absolute Gasteiger partial charge is 0.416 e. The van der Waals surface area contributed by atoms with Crippen molar-refractivity contribution in [3.63, 3.8) is 0 Å². The van der Waals surface area contributed by atoms with E-state index >= 15 is 0 Å². The number of nitrogens with zero attached hydrogens (tertiary/aromatic N) is 3. The second kappa shape index (κ2) is 5.54. The number of benzene rings is 1. The Morgan fingerprint density at radius 1 is 1.22 bits per heavy atom. The molecule has 0 radical (unpaired) electrons. The molecule has 1 aromatic heterocycles. The van der Waals surface area contributed by atoms with Crippen LogP contribution in [0.1, 0.15) is 29.7 Å². The molecule has 1 saturated carbocycles. The van der Waals surface area contributed by atoms with Gasteiger partial charge >= 0.3 is 6.18 Å². The van der Waals surface area contributed by atoms with E-state index in [1.807, 2.05) is 6.07 Å². The minimum Gasteiger partial charge on any atom is -0.367 e. The fraction of sp³-hybridized carbons (Fsp3) is 0.312. The van der Waals surface area contributed by atoms with Crippen LogP contribution < -0.4 is 5.32 Å². The minimum atomic E-state index is -4.35. The Morgan fingerprint density at radius 3 is 2.61 bits per heavy atom. The van der Waals surface area contributed by atoms with Crippen LogP contribution in [0.4, 0.5) is 19.0 Å². The minimum absolute atomic E-state index is 0.173. The van der Waals surface area contributed by atoms with E-state index in [-0.39, 0.29) is 11.1 Å². The van der Waals surface area contributed by atoms with Gasteiger partial charge in [0.25, 0.3) is 0 Å². The highest BCUT2D eigenvalue weighted by atomic mass is 19.4. The zero-order chi connectivity index (χ0) is 16.5. The maximum Gasteiger partial charge on any atom is 0.416 e. The molecule has 3 rings (SSSR count). The lowest BCUT2D eigenvalue weighted by Crippen LogP contribution is -2.21. The van der Waals surface area contributed by atoms with Crippen LogP contribution in [0.3, 0.4) is 0 Å². The van der Waals surface area contributed by atoms with Crippen molar-refractivity contribution in [1.29, 1.82) is 5.26 Å². The Bertz CT molecular complexity index is 760. The SMILES string of the molecule is N#Cc1nccnc1NCC1(c2cccc(C(F)(F)F)c2)CC1. The van der Waals surface area contributed by atoms with Crippen LogP contribution in [0.25, 0.3) is 0 Å². The molecule has 1 aliphatic rings. The van der Waals surface area contributed by atoms with E-state index in [4.69, 9.17) is 5.26 Å². The summed E-state index contributed by atoms with van der Waals surface area (Å²) in [7, 11) is 0. The molecule has 4 nitrogen and oxygen atoms in total. The first-order chi connectivity index (χ1) is 10.9. The van der Waals surface area contributed by atoms with Gasteiger partial charge in [-0.15, -0.1) is 0 Å². The van der Waals surface area contributed by atoms with Gasteiger partial charge in [-0.05, 0) is 24.5 Å². The van der Waals surface area contributed by atoms with Gasteiger partial charge < -0.3 is 5.32 Å². The van der Waals surface area contributed by atoms with Crippen molar-refractivity contribution in [2.45, 2.75) is 24.4 Å². The molecule has 0 amide bonds. The number of anilines is 1. The topological polar surface area (TPSA) is 61.6 Å². The first-order valence-electron chi connectivity index (χ1n) is 7.07. The van der Waals surface area contributed by atoms with Crippen molar-refractivity contribution in [2.75, 3.05) is 11.9 Å². The average molecular weight is 318 g/mol. The molecular weight excluding hydrogens is 305 g/mol. The molecule has 0 saturated heterocycles. The fourth-order valence-corrected chi connectivity index (χ4v) is 2.55. The summed E-state index contributed by atoms with van der Waals surface area (Å²) in [5, 5.41) is 12.0. The molecule has 1 N–H and O–H groups in total. The van der Waals surface area contributed by atoms with Gasteiger partial charge in [0.2, 0.25) is 0 Å². The fourth-order valence-electron chi connectivity index (χ4n) is 2.55. The number of hydrogen-bond donors (Lipinski definition) is 1. The van der Waals surface area contributed by atoms with E-state index in [9.17, 15) is 13.2 Å². The van der Waals surface area contributed by atoms with Gasteiger partial charge in [-0.2, -0.15) is 18.4 Å². The van der Waals surface area contributed by atoms with Crippen LogP contribution in [0.2, 0.25) is 0 Å². The molecule has 0 spiro atoms. The normalized spacial score (nSPS) is 15.7. The summed E-state index contributed by atoms with van der Waals surface area (Å²) in [5.74, 6) is 0.355. The second-order valence-corrected chi connectivity index (χ2v) is 5.58. The van der Waals surface area contributed by atoms with Gasteiger partial charge in [0, 0.05) is 24.4 Å². The van der Waals surface area contributed by atoms with Crippen LogP contribution in [-0.2, 0) is 11.6 Å². The summed E-state index contributed by atoms with van der Waals surface area (Å²) in [4.78, 5) is 7.96. The van der Waals surface area contributed by atoms with Crippen LogP contribution in [0.5, 0.6) is 0 Å². The summed E-state index contributed by atoms with van der Waals surface area (Å²) in [6, 6.07) is 7.36. The summed E-state index contributed by atoms with van der Waals surface area (Å²) >= 11 is 0. The number of halogens is 3. The third kappa shape index (κ3) is 3.11. The Labute approximate surface area is 131 Å². The summed E-state index contributed by atoms with van der Waals surface area (Å²) in [6.45, 7) is 0.418. The molecule has 0 bridgehead atoms. The Morgan fingerprint density at radius 2 is 1.96 bits per heavy atom. The van der Waals surface area contributed by atoms with E-state index in [1.54, 1.807) is 6.07 Å². The monoisotopic (exact) mass is 318 g/mol. The maximum absolute atomic E-state index is 12.9. The van der Waals surface area contributed by atoms with Crippen LogP contribution >= 0.6 is 0 Å². The highest BCUT2D eigenvalue weighted by Crippen LogP contribution is 2.49. The maximum atomic E-state index is 12.9. The van der Waals surface area contributed by atoms with E-state index in [1.165, 1.54) is 24.5 Å². The van der Waals surface area contributed by atoms with Gasteiger partial charge in [0.1, 0.15) is 6.07 Å². The van der Waals surface area contributed by atoms with E-state index < -0.39 is 11.7 Å². The number of nitriles is 1. The summed E-state index contributed by atoms with van der Waals surface area (Å²) < 4.78 is 38.6. The van der Waals surface area contributed by atoms with Gasteiger partial charge in [0.15, 0.2) is 11.5 Å². The van der Waals surface area contributed by atoms with Crippen LogP contribution in [0.15, 0.2) is 36.7 Å². The van der Waals surface area contributed by atoms with Crippen molar-refractivity contribution in [1.82, 2.24) is 9.97 Å². The molecule has 23 heavy (non-hydrogen) atoms. The zero-order valence-electron chi connectivity index (χ0n) is 12.1. The van der Waals surface area contributed by atoms with E-state index in [0.29, 0.717) is 17.9 Å². The van der Waals surface area contributed by atoms with Crippen molar-refractivity contribution < 1.29 is 13.2 Å².